The van der Waals surface area contributed by atoms with Crippen molar-refractivity contribution in [2.75, 3.05) is 26.2 Å². The Morgan fingerprint density at radius 2 is 1.08 bits per heavy atom. The number of hydrogen-bond acceptors (Lipinski definition) is 2. The highest BCUT2D eigenvalue weighted by Gasteiger charge is 2.24. The smallest absolute Gasteiger partial charge is 0.320 e. The van der Waals surface area contributed by atoms with Crippen LogP contribution in [0.2, 0.25) is 0 Å². The van der Waals surface area contributed by atoms with E-state index in [1.165, 1.54) is 82.0 Å². The van der Waals surface area contributed by atoms with Gasteiger partial charge < -0.3 is 15.3 Å². The van der Waals surface area contributed by atoms with Crippen LogP contribution in [0.4, 0.5) is 0 Å². The van der Waals surface area contributed by atoms with Gasteiger partial charge in [-0.3, -0.25) is 4.79 Å². The molecule has 0 saturated heterocycles. The Labute approximate surface area is 157 Å². The maximum Gasteiger partial charge on any atom is 0.320 e. The van der Waals surface area contributed by atoms with E-state index in [0.29, 0.717) is 0 Å². The number of rotatable bonds is 14. The molecule has 0 aromatic carbocycles. The third-order valence-electron chi connectivity index (χ3n) is 4.95. The van der Waals surface area contributed by atoms with E-state index < -0.39 is 12.0 Å². The molecule has 0 bridgehead atoms. The van der Waals surface area contributed by atoms with Crippen LogP contribution in [0.15, 0.2) is 0 Å². The van der Waals surface area contributed by atoms with Gasteiger partial charge in [0.25, 0.3) is 0 Å². The molecule has 25 heavy (non-hydrogen) atoms. The molecule has 0 radical (unpaired) electrons. The molecule has 0 amide bonds. The minimum absolute atomic E-state index is 0.0208. The van der Waals surface area contributed by atoms with Crippen molar-refractivity contribution in [1.82, 2.24) is 0 Å². The zero-order valence-electron chi connectivity index (χ0n) is 18.0. The second-order valence-electron chi connectivity index (χ2n) is 7.76. The van der Waals surface area contributed by atoms with Crippen LogP contribution < -0.4 is 5.73 Å². The Balaban J connectivity index is 0. The number of quaternary nitrogens is 1. The maximum atomic E-state index is 10.0. The van der Waals surface area contributed by atoms with Gasteiger partial charge in [-0.2, -0.15) is 0 Å². The van der Waals surface area contributed by atoms with Crippen molar-refractivity contribution in [2.45, 2.75) is 99.0 Å². The van der Waals surface area contributed by atoms with E-state index in [4.69, 9.17) is 10.8 Å². The van der Waals surface area contributed by atoms with Crippen molar-refractivity contribution >= 4 is 5.97 Å². The Morgan fingerprint density at radius 1 is 0.800 bits per heavy atom. The molecule has 0 aromatic rings. The van der Waals surface area contributed by atoms with E-state index in [1.54, 1.807) is 13.8 Å². The lowest BCUT2D eigenvalue weighted by atomic mass is 10.1. The van der Waals surface area contributed by atoms with Gasteiger partial charge in [-0.1, -0.05) is 67.2 Å². The summed E-state index contributed by atoms with van der Waals surface area (Å²) in [5, 5.41) is 8.23. The van der Waals surface area contributed by atoms with Gasteiger partial charge in [0, 0.05) is 0 Å². The molecule has 3 N–H and O–H groups in total. The van der Waals surface area contributed by atoms with Crippen LogP contribution in [0, 0.1) is 5.92 Å². The molecule has 0 aliphatic carbocycles. The summed E-state index contributed by atoms with van der Waals surface area (Å²) in [4.78, 5) is 10.0. The first-order valence-corrected chi connectivity index (χ1v) is 10.6. The lowest BCUT2D eigenvalue weighted by molar-refractivity contribution is -0.929. The normalized spacial score (nSPS) is 12.6. The fourth-order valence-corrected chi connectivity index (χ4v) is 2.93. The zero-order chi connectivity index (χ0) is 19.7. The number of aliphatic carboxylic acids is 1. The van der Waals surface area contributed by atoms with E-state index in [9.17, 15) is 4.79 Å². The van der Waals surface area contributed by atoms with Crippen molar-refractivity contribution in [3.8, 4) is 0 Å². The first-order chi connectivity index (χ1) is 11.8. The summed E-state index contributed by atoms with van der Waals surface area (Å²) in [5.41, 5.74) is 5.16. The van der Waals surface area contributed by atoms with E-state index in [0.717, 1.165) is 0 Å². The molecule has 152 valence electrons. The highest BCUT2D eigenvalue weighted by molar-refractivity contribution is 5.73. The quantitative estimate of drug-likeness (QED) is 0.426. The molecular weight excluding hydrogens is 312 g/mol. The van der Waals surface area contributed by atoms with Gasteiger partial charge in [0.05, 0.1) is 26.2 Å². The molecule has 0 aliphatic heterocycles. The minimum Gasteiger partial charge on any atom is -0.480 e. The van der Waals surface area contributed by atoms with Crippen molar-refractivity contribution in [1.29, 1.82) is 0 Å². The van der Waals surface area contributed by atoms with Crippen LogP contribution in [-0.4, -0.2) is 47.8 Å². The van der Waals surface area contributed by atoms with Crippen molar-refractivity contribution < 1.29 is 14.4 Å². The van der Waals surface area contributed by atoms with E-state index in [2.05, 4.69) is 27.7 Å². The molecule has 0 fully saturated rings. The fourth-order valence-electron chi connectivity index (χ4n) is 2.93. The van der Waals surface area contributed by atoms with Crippen LogP contribution in [0.3, 0.4) is 0 Å². The predicted octanol–water partition coefficient (Wildman–Crippen LogP) is 5.06. The van der Waals surface area contributed by atoms with Crippen LogP contribution in [-0.2, 0) is 4.79 Å². The van der Waals surface area contributed by atoms with Gasteiger partial charge in [-0.15, -0.1) is 0 Å². The lowest BCUT2D eigenvalue weighted by Crippen LogP contribution is -2.50. The first kappa shape index (κ1) is 26.6. The highest BCUT2D eigenvalue weighted by Crippen LogP contribution is 2.16. The number of nitrogens with two attached hydrogens (primary N) is 1. The molecule has 0 spiro atoms. The molecule has 0 rings (SSSR count). The SMILES string of the molecule is CC(C)C(N)C(=O)O.CCCC[N+](CCCC)(CCCC)CCCC. The Morgan fingerprint density at radius 3 is 1.20 bits per heavy atom. The van der Waals surface area contributed by atoms with Crippen molar-refractivity contribution in [2.24, 2.45) is 11.7 Å². The molecular formula is C21H47N2O2+. The summed E-state index contributed by atoms with van der Waals surface area (Å²) in [5.74, 6) is -0.910. The molecule has 4 nitrogen and oxygen atoms in total. The van der Waals surface area contributed by atoms with E-state index >= 15 is 0 Å². The number of carboxylic acids is 1. The van der Waals surface area contributed by atoms with E-state index in [1.807, 2.05) is 0 Å². The Bertz CT molecular complexity index is 269. The monoisotopic (exact) mass is 359 g/mol. The molecule has 0 aliphatic rings. The molecule has 0 aromatic heterocycles. The van der Waals surface area contributed by atoms with Gasteiger partial charge in [0.1, 0.15) is 6.04 Å². The fraction of sp³-hybridized carbons (Fsp3) is 0.952. The number of carbonyl (C=O) groups is 1. The summed E-state index contributed by atoms with van der Waals surface area (Å²) in [6, 6.07) is -0.713. The van der Waals surface area contributed by atoms with Crippen LogP contribution in [0.25, 0.3) is 0 Å². The highest BCUT2D eigenvalue weighted by atomic mass is 16.4. The summed E-state index contributed by atoms with van der Waals surface area (Å²) in [6.45, 7) is 18.6. The number of unbranched alkanes of at least 4 members (excludes halogenated alkanes) is 4. The standard InChI is InChI=1S/C16H36N.C5H11NO2/c1-5-9-13-17(14-10-6-2,15-11-7-3)16-12-8-4;1-3(2)4(6)5(7)8/h5-16H2,1-4H3;3-4H,6H2,1-2H3,(H,7,8)/q+1;. The third kappa shape index (κ3) is 14.3. The average Bonchev–Trinajstić information content (AvgIpc) is 2.60. The van der Waals surface area contributed by atoms with Gasteiger partial charge in [-0.05, 0) is 31.6 Å². The van der Waals surface area contributed by atoms with Gasteiger partial charge >= 0.3 is 5.97 Å². The first-order valence-electron chi connectivity index (χ1n) is 10.6. The lowest BCUT2D eigenvalue weighted by Gasteiger charge is -2.39. The molecule has 0 heterocycles. The van der Waals surface area contributed by atoms with Gasteiger partial charge in [-0.25, -0.2) is 0 Å². The van der Waals surface area contributed by atoms with Gasteiger partial charge in [0.2, 0.25) is 0 Å². The topological polar surface area (TPSA) is 63.3 Å². The summed E-state index contributed by atoms with van der Waals surface area (Å²) < 4.78 is 1.42. The third-order valence-corrected chi connectivity index (χ3v) is 4.95. The van der Waals surface area contributed by atoms with Gasteiger partial charge in [0.15, 0.2) is 0 Å². The summed E-state index contributed by atoms with van der Waals surface area (Å²) in [7, 11) is 0. The zero-order valence-corrected chi connectivity index (χ0v) is 18.0. The molecule has 1 atom stereocenters. The molecule has 0 saturated carbocycles. The summed E-state index contributed by atoms with van der Waals surface area (Å²) in [6.07, 6.45) is 11.1. The van der Waals surface area contributed by atoms with Crippen LogP contribution in [0.5, 0.6) is 0 Å². The second kappa shape index (κ2) is 16.8. The minimum atomic E-state index is -0.931. The van der Waals surface area contributed by atoms with Crippen LogP contribution in [0.1, 0.15) is 92.9 Å². The number of carboxylic acid groups (broad SMARTS) is 1. The number of nitrogens with zero attached hydrogens (tertiary/aromatic N) is 1. The van der Waals surface area contributed by atoms with Crippen molar-refractivity contribution in [3.05, 3.63) is 0 Å². The average molecular weight is 360 g/mol. The maximum absolute atomic E-state index is 10.0. The summed E-state index contributed by atoms with van der Waals surface area (Å²) >= 11 is 0. The number of hydrogen-bond donors (Lipinski definition) is 2. The van der Waals surface area contributed by atoms with E-state index in [-0.39, 0.29) is 5.92 Å². The largest absolute Gasteiger partial charge is 0.480 e. The predicted molar refractivity (Wildman–Crippen MR) is 110 cm³/mol. The molecule has 4 heteroatoms. The molecule has 1 unspecified atom stereocenters. The second-order valence-corrected chi connectivity index (χ2v) is 7.76. The van der Waals surface area contributed by atoms with Crippen molar-refractivity contribution in [3.63, 3.8) is 0 Å². The Kier molecular flexibility index (Phi) is 17.9. The Hall–Kier alpha value is -0.610. The van der Waals surface area contributed by atoms with Crippen LogP contribution >= 0.6 is 0 Å².